The normalized spacial score (nSPS) is 14.3. The second-order valence-electron chi connectivity index (χ2n) is 10.7. The first kappa shape index (κ1) is 33.8. The maximum atomic E-state index is 12.5. The molecule has 41 heavy (non-hydrogen) atoms. The Hall–Kier alpha value is -3.37. The van der Waals surface area contributed by atoms with Gasteiger partial charge in [-0.1, -0.05) is 52.4 Å². The van der Waals surface area contributed by atoms with Gasteiger partial charge in [-0.2, -0.15) is 0 Å². The third-order valence-electron chi connectivity index (χ3n) is 7.68. The Morgan fingerprint density at radius 3 is 2.24 bits per heavy atom. The molecule has 0 radical (unpaired) electrons. The minimum absolute atomic E-state index is 0.0173. The van der Waals surface area contributed by atoms with Crippen LogP contribution in [0.3, 0.4) is 0 Å². The topological polar surface area (TPSA) is 140 Å². The Morgan fingerprint density at radius 1 is 1.00 bits per heavy atom. The van der Waals surface area contributed by atoms with E-state index in [-0.39, 0.29) is 29.4 Å². The van der Waals surface area contributed by atoms with Crippen molar-refractivity contribution < 1.29 is 33.9 Å². The Kier molecular flexibility index (Phi) is 15.6. The van der Waals surface area contributed by atoms with Gasteiger partial charge in [0.25, 0.3) is 5.69 Å². The second kappa shape index (κ2) is 18.9. The molecular formula is C30H47N3O8. The van der Waals surface area contributed by atoms with Gasteiger partial charge in [-0.3, -0.25) is 14.9 Å². The molecule has 1 atom stereocenters. The summed E-state index contributed by atoms with van der Waals surface area (Å²) in [5, 5.41) is 20.5. The molecule has 2 amide bonds. The molecule has 0 aromatic heterocycles. The summed E-state index contributed by atoms with van der Waals surface area (Å²) in [6.07, 6.45) is 10.3. The minimum atomic E-state index is -0.967. The van der Waals surface area contributed by atoms with E-state index in [0.29, 0.717) is 39.1 Å². The molecule has 1 heterocycles. The number of piperidine rings is 1. The summed E-state index contributed by atoms with van der Waals surface area (Å²) < 4.78 is 10.8. The number of hydrogen-bond donors (Lipinski definition) is 1. The minimum Gasteiger partial charge on any atom is -0.465 e. The predicted octanol–water partition coefficient (Wildman–Crippen LogP) is 7.03. The Morgan fingerprint density at radius 2 is 1.63 bits per heavy atom. The number of nitrogens with zero attached hydrogens (tertiary/aromatic N) is 3. The SMILES string of the molecule is CCCCCCCC(CC)C(=O)OCCCCCCN(C(=O)O)C1CCN(C(=O)Oc2ccc([N+](=O)[O-])cc2)CC1. The van der Waals surface area contributed by atoms with Crippen molar-refractivity contribution in [3.63, 3.8) is 0 Å². The summed E-state index contributed by atoms with van der Waals surface area (Å²) in [5.41, 5.74) is -0.0910. The van der Waals surface area contributed by atoms with Crippen LogP contribution in [0.15, 0.2) is 24.3 Å². The molecule has 1 aliphatic heterocycles. The van der Waals surface area contributed by atoms with Crippen LogP contribution in [0.5, 0.6) is 5.75 Å². The van der Waals surface area contributed by atoms with Crippen LogP contribution in [0, 0.1) is 16.0 Å². The molecule has 11 heteroatoms. The van der Waals surface area contributed by atoms with E-state index in [4.69, 9.17) is 9.47 Å². The number of carbonyl (C=O) groups is 3. The van der Waals surface area contributed by atoms with Gasteiger partial charge in [-0.15, -0.1) is 0 Å². The molecule has 1 aromatic carbocycles. The molecule has 1 fully saturated rings. The van der Waals surface area contributed by atoms with Crippen molar-refractivity contribution in [1.82, 2.24) is 9.80 Å². The maximum Gasteiger partial charge on any atom is 0.415 e. The van der Waals surface area contributed by atoms with Crippen molar-refractivity contribution in [2.45, 2.75) is 103 Å². The van der Waals surface area contributed by atoms with Gasteiger partial charge in [0.15, 0.2) is 0 Å². The zero-order chi connectivity index (χ0) is 30.0. The lowest BCUT2D eigenvalue weighted by molar-refractivity contribution is -0.384. The molecule has 1 aromatic rings. The van der Waals surface area contributed by atoms with Gasteiger partial charge in [-0.05, 0) is 57.1 Å². The van der Waals surface area contributed by atoms with Crippen molar-refractivity contribution in [2.24, 2.45) is 5.92 Å². The van der Waals surface area contributed by atoms with Gasteiger partial charge in [0.1, 0.15) is 5.75 Å². The number of rotatable bonds is 18. The number of non-ortho nitro benzene ring substituents is 1. The second-order valence-corrected chi connectivity index (χ2v) is 10.7. The van der Waals surface area contributed by atoms with Crippen LogP contribution in [-0.4, -0.2) is 70.3 Å². The maximum absolute atomic E-state index is 12.5. The van der Waals surface area contributed by atoms with E-state index in [1.807, 2.05) is 6.92 Å². The third kappa shape index (κ3) is 12.4. The first-order chi connectivity index (χ1) is 19.8. The van der Waals surface area contributed by atoms with Gasteiger partial charge < -0.3 is 24.4 Å². The molecule has 11 nitrogen and oxygen atoms in total. The smallest absolute Gasteiger partial charge is 0.415 e. The average molecular weight is 578 g/mol. The van der Waals surface area contributed by atoms with Crippen molar-refractivity contribution in [3.05, 3.63) is 34.4 Å². The molecule has 1 unspecified atom stereocenters. The highest BCUT2D eigenvalue weighted by Gasteiger charge is 2.30. The number of unbranched alkanes of at least 4 members (excludes halogenated alkanes) is 7. The molecular weight excluding hydrogens is 530 g/mol. The number of carboxylic acid groups (broad SMARTS) is 1. The largest absolute Gasteiger partial charge is 0.465 e. The van der Waals surface area contributed by atoms with Crippen LogP contribution in [0.1, 0.15) is 97.3 Å². The number of hydrogen-bond acceptors (Lipinski definition) is 7. The predicted molar refractivity (Wildman–Crippen MR) is 155 cm³/mol. The number of benzene rings is 1. The van der Waals surface area contributed by atoms with Crippen LogP contribution < -0.4 is 4.74 Å². The van der Waals surface area contributed by atoms with Crippen LogP contribution in [0.25, 0.3) is 0 Å². The van der Waals surface area contributed by atoms with E-state index in [2.05, 4.69) is 6.92 Å². The zero-order valence-electron chi connectivity index (χ0n) is 24.6. The van der Waals surface area contributed by atoms with Crippen molar-refractivity contribution in [2.75, 3.05) is 26.2 Å². The average Bonchev–Trinajstić information content (AvgIpc) is 2.96. The van der Waals surface area contributed by atoms with Crippen LogP contribution >= 0.6 is 0 Å². The molecule has 0 spiro atoms. The summed E-state index contributed by atoms with van der Waals surface area (Å²) in [5.74, 6) is 0.104. The van der Waals surface area contributed by atoms with E-state index >= 15 is 0 Å². The first-order valence-electron chi connectivity index (χ1n) is 15.1. The monoisotopic (exact) mass is 577 g/mol. The fraction of sp³-hybridized carbons (Fsp3) is 0.700. The first-order valence-corrected chi connectivity index (χ1v) is 15.1. The molecule has 230 valence electrons. The molecule has 0 bridgehead atoms. The van der Waals surface area contributed by atoms with E-state index in [9.17, 15) is 29.6 Å². The number of nitro benzene ring substituents is 1. The van der Waals surface area contributed by atoms with Gasteiger partial charge in [0, 0.05) is 37.8 Å². The fourth-order valence-electron chi connectivity index (χ4n) is 5.11. The quantitative estimate of drug-likeness (QED) is 0.0849. The van der Waals surface area contributed by atoms with Crippen LogP contribution in [-0.2, 0) is 9.53 Å². The molecule has 1 N–H and O–H groups in total. The molecule has 0 saturated carbocycles. The number of likely N-dealkylation sites (tertiary alicyclic amines) is 1. The van der Waals surface area contributed by atoms with Crippen LogP contribution in [0.4, 0.5) is 15.3 Å². The zero-order valence-corrected chi connectivity index (χ0v) is 24.6. The third-order valence-corrected chi connectivity index (χ3v) is 7.68. The van der Waals surface area contributed by atoms with Gasteiger partial charge in [-0.25, -0.2) is 9.59 Å². The summed E-state index contributed by atoms with van der Waals surface area (Å²) >= 11 is 0. The lowest BCUT2D eigenvalue weighted by atomic mass is 9.98. The molecule has 0 aliphatic carbocycles. The highest BCUT2D eigenvalue weighted by Crippen LogP contribution is 2.22. The number of carbonyl (C=O) groups excluding carboxylic acids is 2. The summed E-state index contributed by atoms with van der Waals surface area (Å²) in [4.78, 5) is 50.0. The van der Waals surface area contributed by atoms with E-state index in [1.165, 1.54) is 59.7 Å². The van der Waals surface area contributed by atoms with E-state index < -0.39 is 17.1 Å². The summed E-state index contributed by atoms with van der Waals surface area (Å²) in [6.45, 7) is 5.77. The van der Waals surface area contributed by atoms with Crippen LogP contribution in [0.2, 0.25) is 0 Å². The number of amides is 2. The van der Waals surface area contributed by atoms with E-state index in [1.54, 1.807) is 0 Å². The highest BCUT2D eigenvalue weighted by atomic mass is 16.6. The Labute approximate surface area is 243 Å². The number of esters is 1. The summed E-state index contributed by atoms with van der Waals surface area (Å²) in [6, 6.07) is 5.11. The van der Waals surface area contributed by atoms with Crippen molar-refractivity contribution in [3.8, 4) is 5.75 Å². The lowest BCUT2D eigenvalue weighted by Gasteiger charge is -2.36. The van der Waals surface area contributed by atoms with Gasteiger partial charge >= 0.3 is 18.2 Å². The number of nitro groups is 1. The van der Waals surface area contributed by atoms with Crippen molar-refractivity contribution >= 4 is 23.8 Å². The standard InChI is InChI=1S/C30H47N3O8/c1-3-5-6-7-10-13-24(4-2)28(34)40-23-12-9-8-11-20-32(29(35)36)25-18-21-31(22-19-25)30(37)41-27-16-14-26(15-17-27)33(38)39/h14-17,24-25H,3-13,18-23H2,1-2H3,(H,35,36). The van der Waals surface area contributed by atoms with Crippen molar-refractivity contribution in [1.29, 1.82) is 0 Å². The highest BCUT2D eigenvalue weighted by molar-refractivity contribution is 5.72. The molecule has 2 rings (SSSR count). The number of ether oxygens (including phenoxy) is 2. The lowest BCUT2D eigenvalue weighted by Crippen LogP contribution is -2.49. The molecule has 1 aliphatic rings. The van der Waals surface area contributed by atoms with Gasteiger partial charge in [0.05, 0.1) is 17.4 Å². The fourth-order valence-corrected chi connectivity index (χ4v) is 5.11. The molecule has 1 saturated heterocycles. The Bertz CT molecular complexity index is 948. The van der Waals surface area contributed by atoms with Gasteiger partial charge in [0.2, 0.25) is 0 Å². The summed E-state index contributed by atoms with van der Waals surface area (Å²) in [7, 11) is 0. The Balaban J connectivity index is 1.62. The van der Waals surface area contributed by atoms with E-state index in [0.717, 1.165) is 44.9 Å².